The summed E-state index contributed by atoms with van der Waals surface area (Å²) in [4.78, 5) is 34.1. The van der Waals surface area contributed by atoms with Crippen molar-refractivity contribution in [2.45, 2.75) is 38.1 Å². The molecule has 4 aromatic carbocycles. The lowest BCUT2D eigenvalue weighted by Crippen LogP contribution is -2.46. The molecule has 0 aromatic heterocycles. The summed E-state index contributed by atoms with van der Waals surface area (Å²) in [6, 6.07) is 30.5. The van der Waals surface area contributed by atoms with Crippen molar-refractivity contribution in [2.75, 3.05) is 55.8 Å². The van der Waals surface area contributed by atoms with Gasteiger partial charge >= 0.3 is 0 Å². The van der Waals surface area contributed by atoms with Gasteiger partial charge in [0.2, 0.25) is 5.91 Å². The highest BCUT2D eigenvalue weighted by Crippen LogP contribution is 2.35. The van der Waals surface area contributed by atoms with E-state index in [1.807, 2.05) is 83.8 Å². The molecule has 1 aliphatic carbocycles. The molecule has 6 rings (SSSR count). The van der Waals surface area contributed by atoms with E-state index >= 15 is 0 Å². The average molecular weight is 684 g/mol. The van der Waals surface area contributed by atoms with Crippen molar-refractivity contribution in [1.29, 1.82) is 0 Å². The standard InChI is InChI=1S/C40H43ClFN3O4/c41-33-10-5-13-37(27-33)45(39(46)26-30-7-2-1-3-8-30)36-12-4-9-31(25-36)29-44(40(47)32-15-17-34(42)18-16-32)35-11-6-14-38(28-35)49-24-21-43-19-22-48-23-20-43/h1-3,5-8,10-11,13-18,27-28,31,36H,4,9,12,19-26,29H2. The number of hydrogen-bond acceptors (Lipinski definition) is 5. The molecule has 49 heavy (non-hydrogen) atoms. The van der Waals surface area contributed by atoms with E-state index in [1.165, 1.54) is 24.3 Å². The van der Waals surface area contributed by atoms with Crippen LogP contribution < -0.4 is 14.5 Å². The fourth-order valence-corrected chi connectivity index (χ4v) is 7.06. The van der Waals surface area contributed by atoms with Gasteiger partial charge in [0.15, 0.2) is 0 Å². The molecule has 1 aliphatic heterocycles. The molecule has 9 heteroatoms. The Morgan fingerprint density at radius 2 is 1.63 bits per heavy atom. The number of rotatable bonds is 12. The number of carbonyl (C=O) groups is 2. The summed E-state index contributed by atoms with van der Waals surface area (Å²) in [5, 5.41) is 0.575. The van der Waals surface area contributed by atoms with Crippen LogP contribution in [0.4, 0.5) is 15.8 Å². The highest BCUT2D eigenvalue weighted by Gasteiger charge is 2.33. The van der Waals surface area contributed by atoms with Crippen LogP contribution in [0.2, 0.25) is 5.02 Å². The largest absolute Gasteiger partial charge is 0.492 e. The smallest absolute Gasteiger partial charge is 0.258 e. The van der Waals surface area contributed by atoms with Crippen molar-refractivity contribution >= 4 is 34.8 Å². The summed E-state index contributed by atoms with van der Waals surface area (Å²) < 4.78 is 25.4. The molecule has 256 valence electrons. The minimum absolute atomic E-state index is 0.0142. The topological polar surface area (TPSA) is 62.3 Å². The van der Waals surface area contributed by atoms with E-state index in [-0.39, 0.29) is 30.2 Å². The molecule has 2 amide bonds. The second kappa shape index (κ2) is 16.9. The Kier molecular flexibility index (Phi) is 12.0. The van der Waals surface area contributed by atoms with Gasteiger partial charge in [0.1, 0.15) is 18.2 Å². The third kappa shape index (κ3) is 9.47. The Bertz CT molecular complexity index is 1680. The van der Waals surface area contributed by atoms with Crippen LogP contribution in [-0.4, -0.2) is 68.8 Å². The molecule has 1 saturated heterocycles. The zero-order chi connectivity index (χ0) is 34.0. The number of hydrogen-bond donors (Lipinski definition) is 0. The van der Waals surface area contributed by atoms with E-state index in [1.54, 1.807) is 4.90 Å². The van der Waals surface area contributed by atoms with Gasteiger partial charge in [-0.25, -0.2) is 4.39 Å². The minimum Gasteiger partial charge on any atom is -0.492 e. The third-order valence-corrected chi connectivity index (χ3v) is 9.59. The lowest BCUT2D eigenvalue weighted by Gasteiger charge is -2.39. The number of anilines is 2. The summed E-state index contributed by atoms with van der Waals surface area (Å²) >= 11 is 6.42. The van der Waals surface area contributed by atoms with Crippen LogP contribution in [0.1, 0.15) is 41.6 Å². The number of carbonyl (C=O) groups excluding carboxylic acids is 2. The molecule has 1 saturated carbocycles. The molecule has 2 fully saturated rings. The van der Waals surface area contributed by atoms with Crippen molar-refractivity contribution in [3.63, 3.8) is 0 Å². The number of ether oxygens (including phenoxy) is 2. The van der Waals surface area contributed by atoms with Crippen LogP contribution in [0.3, 0.4) is 0 Å². The second-order valence-corrected chi connectivity index (χ2v) is 13.3. The van der Waals surface area contributed by atoms with Crippen LogP contribution in [-0.2, 0) is 16.0 Å². The van der Waals surface area contributed by atoms with Gasteiger partial charge in [0.25, 0.3) is 5.91 Å². The molecule has 1 heterocycles. The first-order valence-electron chi connectivity index (χ1n) is 17.1. The van der Waals surface area contributed by atoms with Crippen LogP contribution in [0.5, 0.6) is 5.75 Å². The first kappa shape index (κ1) is 34.6. The highest BCUT2D eigenvalue weighted by molar-refractivity contribution is 6.31. The quantitative estimate of drug-likeness (QED) is 0.153. The average Bonchev–Trinajstić information content (AvgIpc) is 3.12. The number of amides is 2. The summed E-state index contributed by atoms with van der Waals surface area (Å²) in [6.45, 7) is 5.00. The first-order valence-corrected chi connectivity index (χ1v) is 17.5. The van der Waals surface area contributed by atoms with Gasteiger partial charge in [0.05, 0.1) is 19.6 Å². The maximum Gasteiger partial charge on any atom is 0.258 e. The van der Waals surface area contributed by atoms with E-state index < -0.39 is 5.82 Å². The highest BCUT2D eigenvalue weighted by atomic mass is 35.5. The fraction of sp³-hybridized carbons (Fsp3) is 0.350. The van der Waals surface area contributed by atoms with Crippen molar-refractivity contribution < 1.29 is 23.5 Å². The van der Waals surface area contributed by atoms with Gasteiger partial charge in [-0.05, 0) is 85.3 Å². The van der Waals surface area contributed by atoms with E-state index in [2.05, 4.69) is 4.90 Å². The zero-order valence-electron chi connectivity index (χ0n) is 27.7. The normalized spacial score (nSPS) is 18.1. The van der Waals surface area contributed by atoms with Gasteiger partial charge in [0, 0.05) is 60.2 Å². The molecule has 0 bridgehead atoms. The van der Waals surface area contributed by atoms with E-state index in [9.17, 15) is 14.0 Å². The molecule has 0 radical (unpaired) electrons. The molecule has 4 aromatic rings. The zero-order valence-corrected chi connectivity index (χ0v) is 28.4. The third-order valence-electron chi connectivity index (χ3n) is 9.36. The maximum atomic E-state index is 14.1. The first-order chi connectivity index (χ1) is 23.9. The number of nitrogens with zero attached hydrogens (tertiary/aromatic N) is 3. The number of morpholine rings is 1. The number of benzene rings is 4. The Balaban J connectivity index is 1.22. The Hall–Kier alpha value is -4.24. The molecule has 7 nitrogen and oxygen atoms in total. The van der Waals surface area contributed by atoms with Crippen LogP contribution in [0, 0.1) is 11.7 Å². The molecular weight excluding hydrogens is 641 g/mol. The van der Waals surface area contributed by atoms with Gasteiger partial charge < -0.3 is 19.3 Å². The summed E-state index contributed by atoms with van der Waals surface area (Å²) in [5.74, 6) is 0.206. The van der Waals surface area contributed by atoms with Crippen LogP contribution >= 0.6 is 11.6 Å². The summed E-state index contributed by atoms with van der Waals surface area (Å²) in [7, 11) is 0. The van der Waals surface area contributed by atoms with E-state index in [0.717, 1.165) is 69.8 Å². The lowest BCUT2D eigenvalue weighted by atomic mass is 9.84. The lowest BCUT2D eigenvalue weighted by molar-refractivity contribution is -0.118. The van der Waals surface area contributed by atoms with Gasteiger partial charge in [-0.3, -0.25) is 14.5 Å². The Morgan fingerprint density at radius 1 is 0.878 bits per heavy atom. The van der Waals surface area contributed by atoms with Crippen LogP contribution in [0.25, 0.3) is 0 Å². The Labute approximate surface area is 293 Å². The summed E-state index contributed by atoms with van der Waals surface area (Å²) in [5.41, 5.74) is 2.86. The molecular formula is C40H43ClFN3O4. The number of halogens is 2. The SMILES string of the molecule is O=C(c1ccc(F)cc1)N(CC1CCCC(N(C(=O)Cc2ccccc2)c2cccc(Cl)c2)C1)c1cccc(OCCN2CCOCC2)c1. The van der Waals surface area contributed by atoms with E-state index in [4.69, 9.17) is 21.1 Å². The Morgan fingerprint density at radius 3 is 2.41 bits per heavy atom. The fourth-order valence-electron chi connectivity index (χ4n) is 6.87. The van der Waals surface area contributed by atoms with Gasteiger partial charge in [-0.15, -0.1) is 0 Å². The molecule has 0 spiro atoms. The predicted octanol–water partition coefficient (Wildman–Crippen LogP) is 7.67. The molecule has 0 N–H and O–H groups in total. The van der Waals surface area contributed by atoms with Crippen molar-refractivity contribution in [3.8, 4) is 5.75 Å². The van der Waals surface area contributed by atoms with Crippen molar-refractivity contribution in [3.05, 3.63) is 125 Å². The predicted molar refractivity (Wildman–Crippen MR) is 192 cm³/mol. The molecule has 2 unspecified atom stereocenters. The maximum absolute atomic E-state index is 14.1. The van der Waals surface area contributed by atoms with Crippen molar-refractivity contribution in [2.24, 2.45) is 5.92 Å². The van der Waals surface area contributed by atoms with Crippen LogP contribution in [0.15, 0.2) is 103 Å². The molecule has 2 aliphatic rings. The van der Waals surface area contributed by atoms with E-state index in [0.29, 0.717) is 35.2 Å². The molecule has 2 atom stereocenters. The minimum atomic E-state index is -0.393. The monoisotopic (exact) mass is 683 g/mol. The summed E-state index contributed by atoms with van der Waals surface area (Å²) in [6.07, 6.45) is 3.67. The van der Waals surface area contributed by atoms with Gasteiger partial charge in [-0.1, -0.05) is 60.5 Å². The second-order valence-electron chi connectivity index (χ2n) is 12.8. The van der Waals surface area contributed by atoms with Gasteiger partial charge in [-0.2, -0.15) is 0 Å². The van der Waals surface area contributed by atoms with Crippen molar-refractivity contribution in [1.82, 2.24) is 4.90 Å².